The lowest BCUT2D eigenvalue weighted by Gasteiger charge is -2.40. The zero-order valence-electron chi connectivity index (χ0n) is 19.2. The van der Waals surface area contributed by atoms with E-state index in [1.807, 2.05) is 43.3 Å². The molecule has 1 aliphatic carbocycles. The van der Waals surface area contributed by atoms with Crippen molar-refractivity contribution < 1.29 is 14.2 Å². The van der Waals surface area contributed by atoms with Gasteiger partial charge in [0.15, 0.2) is 5.85 Å². The third-order valence-electron chi connectivity index (χ3n) is 6.47. The van der Waals surface area contributed by atoms with Crippen molar-refractivity contribution in [2.24, 2.45) is 17.8 Å². The van der Waals surface area contributed by atoms with Gasteiger partial charge in [-0.3, -0.25) is 4.57 Å². The molecule has 2 aromatic carbocycles. The molecule has 3 rings (SSSR count). The second kappa shape index (κ2) is 10.1. The number of hydrogen-bond donors (Lipinski definition) is 1. The third-order valence-corrected chi connectivity index (χ3v) is 9.27. The molecule has 5 atom stereocenters. The summed E-state index contributed by atoms with van der Waals surface area (Å²) in [7, 11) is 0.297. The Bertz CT molecular complexity index is 898. The first kappa shape index (κ1) is 24.3. The molecule has 0 spiro atoms. The summed E-state index contributed by atoms with van der Waals surface area (Å²) < 4.78 is 21.0. The monoisotopic (exact) mass is 463 g/mol. The van der Waals surface area contributed by atoms with Crippen LogP contribution < -0.4 is 10.2 Å². The SMILES string of the molecule is CC(C)[C@H]1CC[C@@H](C)C[C@H]1O[P@](=O)(c1ccc(N(C)C)cc1)[C@@H](O)c1ccc(Cl)cc1. The maximum Gasteiger partial charge on any atom is 0.264 e. The Kier molecular flexibility index (Phi) is 7.91. The topological polar surface area (TPSA) is 49.8 Å². The molecule has 31 heavy (non-hydrogen) atoms. The highest BCUT2D eigenvalue weighted by atomic mass is 35.5. The number of nitrogens with zero attached hydrogens (tertiary/aromatic N) is 1. The fourth-order valence-electron chi connectivity index (χ4n) is 4.49. The molecule has 0 aromatic heterocycles. The van der Waals surface area contributed by atoms with Gasteiger partial charge < -0.3 is 14.5 Å². The smallest absolute Gasteiger partial charge is 0.264 e. The number of anilines is 1. The number of rotatable bonds is 7. The van der Waals surface area contributed by atoms with E-state index in [2.05, 4.69) is 20.8 Å². The summed E-state index contributed by atoms with van der Waals surface area (Å²) in [5, 5.41) is 12.5. The molecule has 170 valence electrons. The Hall–Kier alpha value is -1.32. The summed E-state index contributed by atoms with van der Waals surface area (Å²) in [4.78, 5) is 1.99. The minimum absolute atomic E-state index is 0.148. The van der Waals surface area contributed by atoms with Gasteiger partial charge in [-0.15, -0.1) is 0 Å². The predicted molar refractivity (Wildman–Crippen MR) is 131 cm³/mol. The molecule has 0 bridgehead atoms. The van der Waals surface area contributed by atoms with Crippen molar-refractivity contribution in [2.45, 2.75) is 52.0 Å². The van der Waals surface area contributed by atoms with Crippen LogP contribution in [0.15, 0.2) is 48.5 Å². The Balaban J connectivity index is 2.02. The maximum absolute atomic E-state index is 14.5. The van der Waals surface area contributed by atoms with Crippen LogP contribution in [0.25, 0.3) is 0 Å². The van der Waals surface area contributed by atoms with E-state index < -0.39 is 13.2 Å². The number of halogens is 1. The lowest BCUT2D eigenvalue weighted by Crippen LogP contribution is -2.35. The van der Waals surface area contributed by atoms with Crippen LogP contribution in [-0.2, 0) is 9.09 Å². The van der Waals surface area contributed by atoms with Crippen LogP contribution in [0, 0.1) is 17.8 Å². The summed E-state index contributed by atoms with van der Waals surface area (Å²) in [6.45, 7) is 6.62. The molecule has 0 aliphatic heterocycles. The van der Waals surface area contributed by atoms with E-state index in [-0.39, 0.29) is 6.10 Å². The van der Waals surface area contributed by atoms with E-state index in [9.17, 15) is 9.67 Å². The molecule has 2 aromatic rings. The number of hydrogen-bond acceptors (Lipinski definition) is 4. The summed E-state index contributed by atoms with van der Waals surface area (Å²) in [6.07, 6.45) is 2.92. The molecule has 1 fully saturated rings. The summed E-state index contributed by atoms with van der Waals surface area (Å²) in [6, 6.07) is 14.4. The van der Waals surface area contributed by atoms with Gasteiger partial charge in [-0.1, -0.05) is 50.9 Å². The average molecular weight is 464 g/mol. The van der Waals surface area contributed by atoms with E-state index in [1.54, 1.807) is 24.3 Å². The fraction of sp³-hybridized carbons (Fsp3) is 0.520. The molecule has 1 aliphatic rings. The minimum Gasteiger partial charge on any atom is -0.378 e. The average Bonchev–Trinajstić information content (AvgIpc) is 2.73. The van der Waals surface area contributed by atoms with Crippen molar-refractivity contribution in [3.63, 3.8) is 0 Å². The predicted octanol–water partition coefficient (Wildman–Crippen LogP) is 6.48. The van der Waals surface area contributed by atoms with Crippen LogP contribution in [0.4, 0.5) is 5.69 Å². The minimum atomic E-state index is -3.63. The van der Waals surface area contributed by atoms with Crippen LogP contribution in [-0.4, -0.2) is 25.3 Å². The zero-order chi connectivity index (χ0) is 22.8. The molecule has 0 amide bonds. The Morgan fingerprint density at radius 2 is 1.68 bits per heavy atom. The van der Waals surface area contributed by atoms with Crippen LogP contribution in [0.2, 0.25) is 5.02 Å². The molecular weight excluding hydrogens is 429 g/mol. The van der Waals surface area contributed by atoms with Crippen LogP contribution in [0.1, 0.15) is 51.4 Å². The highest BCUT2D eigenvalue weighted by Crippen LogP contribution is 2.60. The van der Waals surface area contributed by atoms with Gasteiger partial charge >= 0.3 is 0 Å². The van der Waals surface area contributed by atoms with E-state index >= 15 is 0 Å². The van der Waals surface area contributed by atoms with Crippen molar-refractivity contribution >= 4 is 30.0 Å². The Morgan fingerprint density at radius 3 is 2.23 bits per heavy atom. The van der Waals surface area contributed by atoms with Crippen molar-refractivity contribution in [3.05, 3.63) is 59.1 Å². The lowest BCUT2D eigenvalue weighted by atomic mass is 9.75. The van der Waals surface area contributed by atoms with Crippen LogP contribution in [0.3, 0.4) is 0 Å². The van der Waals surface area contributed by atoms with Crippen molar-refractivity contribution in [2.75, 3.05) is 19.0 Å². The lowest BCUT2D eigenvalue weighted by molar-refractivity contribution is 0.0427. The number of aliphatic hydroxyl groups is 1. The van der Waals surface area contributed by atoms with Crippen molar-refractivity contribution in [1.29, 1.82) is 0 Å². The first-order valence-electron chi connectivity index (χ1n) is 11.1. The largest absolute Gasteiger partial charge is 0.378 e. The molecule has 1 saturated carbocycles. The molecule has 6 heteroatoms. The summed E-state index contributed by atoms with van der Waals surface area (Å²) in [5.74, 6) is 0.00925. The van der Waals surface area contributed by atoms with Gasteiger partial charge in [0, 0.05) is 30.1 Å². The van der Waals surface area contributed by atoms with Crippen LogP contribution >= 0.6 is 19.0 Å². The van der Waals surface area contributed by atoms with E-state index in [0.717, 1.165) is 24.9 Å². The van der Waals surface area contributed by atoms with Gasteiger partial charge in [0.1, 0.15) is 0 Å². The number of aliphatic hydroxyl groups excluding tert-OH is 1. The first-order valence-corrected chi connectivity index (χ1v) is 13.2. The highest BCUT2D eigenvalue weighted by Gasteiger charge is 2.42. The highest BCUT2D eigenvalue weighted by molar-refractivity contribution is 7.67. The quantitative estimate of drug-likeness (QED) is 0.477. The normalized spacial score (nSPS) is 24.6. The Morgan fingerprint density at radius 1 is 1.06 bits per heavy atom. The van der Waals surface area contributed by atoms with Gasteiger partial charge in [-0.05, 0) is 72.6 Å². The molecular formula is C25H35ClNO3P. The van der Waals surface area contributed by atoms with Gasteiger partial charge in [-0.2, -0.15) is 0 Å². The van der Waals surface area contributed by atoms with Crippen molar-refractivity contribution in [1.82, 2.24) is 0 Å². The molecule has 1 N–H and O–H groups in total. The zero-order valence-corrected chi connectivity index (χ0v) is 20.8. The maximum atomic E-state index is 14.5. The van der Waals surface area contributed by atoms with Gasteiger partial charge in [0.25, 0.3) is 7.37 Å². The van der Waals surface area contributed by atoms with Gasteiger partial charge in [0.2, 0.25) is 0 Å². The standard InChI is InChI=1S/C25H35ClNO3P/c1-17(2)23-15-6-18(3)16-24(23)30-31(29,22-13-11-21(12-14-22)27(4)5)25(28)19-7-9-20(26)10-8-19/h7-14,17-18,23-25,28H,6,15-16H2,1-5H3/t18-,23-,24-,25-,31-/m1/s1. The summed E-state index contributed by atoms with van der Waals surface area (Å²) >= 11 is 6.03. The van der Waals surface area contributed by atoms with Gasteiger partial charge in [0.05, 0.1) is 6.10 Å². The van der Waals surface area contributed by atoms with E-state index in [1.165, 1.54) is 0 Å². The fourth-order valence-corrected chi connectivity index (χ4v) is 6.91. The van der Waals surface area contributed by atoms with E-state index in [0.29, 0.717) is 33.6 Å². The van der Waals surface area contributed by atoms with Crippen LogP contribution in [0.5, 0.6) is 0 Å². The Labute approximate surface area is 192 Å². The second-order valence-electron chi connectivity index (χ2n) is 9.40. The molecule has 0 radical (unpaired) electrons. The number of benzene rings is 2. The first-order chi connectivity index (χ1) is 14.6. The second-order valence-corrected chi connectivity index (χ2v) is 12.2. The van der Waals surface area contributed by atoms with E-state index in [4.69, 9.17) is 16.1 Å². The van der Waals surface area contributed by atoms with Crippen molar-refractivity contribution in [3.8, 4) is 0 Å². The molecule has 0 saturated heterocycles. The third kappa shape index (κ3) is 5.54. The summed E-state index contributed by atoms with van der Waals surface area (Å²) in [5.41, 5.74) is 1.55. The van der Waals surface area contributed by atoms with Gasteiger partial charge in [-0.25, -0.2) is 0 Å². The molecule has 0 unspecified atom stereocenters. The molecule has 0 heterocycles. The molecule has 4 nitrogen and oxygen atoms in total.